The molecular weight excluding hydrogens is 138 g/mol. The first-order chi connectivity index (χ1) is 5.36. The predicted molar refractivity (Wildman–Crippen MR) is 45.0 cm³/mol. The summed E-state index contributed by atoms with van der Waals surface area (Å²) < 4.78 is 5.11. The molecular formula is C9H16NO. The highest BCUT2D eigenvalue weighted by atomic mass is 16.5. The Balaban J connectivity index is 2.41. The first-order valence-corrected chi connectivity index (χ1v) is 4.24. The van der Waals surface area contributed by atoms with Crippen molar-refractivity contribution in [3.63, 3.8) is 0 Å². The lowest BCUT2D eigenvalue weighted by Gasteiger charge is -2.19. The van der Waals surface area contributed by atoms with E-state index in [2.05, 4.69) is 18.3 Å². The second kappa shape index (κ2) is 4.39. The summed E-state index contributed by atoms with van der Waals surface area (Å²) in [6.07, 6.45) is 5.76. The summed E-state index contributed by atoms with van der Waals surface area (Å²) >= 11 is 0. The van der Waals surface area contributed by atoms with Crippen LogP contribution in [0, 0.1) is 12.0 Å². The highest BCUT2D eigenvalue weighted by Gasteiger charge is 2.12. The normalized spacial score (nSPS) is 24.5. The molecule has 1 atom stereocenters. The van der Waals surface area contributed by atoms with Crippen LogP contribution >= 0.6 is 0 Å². The molecule has 0 aromatic heterocycles. The van der Waals surface area contributed by atoms with E-state index in [1.807, 2.05) is 0 Å². The van der Waals surface area contributed by atoms with Gasteiger partial charge in [0.25, 0.3) is 0 Å². The van der Waals surface area contributed by atoms with Crippen LogP contribution in [0.15, 0.2) is 5.76 Å². The predicted octanol–water partition coefficient (Wildman–Crippen LogP) is 1.34. The van der Waals surface area contributed by atoms with Crippen LogP contribution in [-0.2, 0) is 4.74 Å². The zero-order valence-corrected chi connectivity index (χ0v) is 7.31. The molecule has 0 saturated carbocycles. The molecule has 0 bridgehead atoms. The third-order valence-electron chi connectivity index (χ3n) is 1.92. The molecule has 11 heavy (non-hydrogen) atoms. The molecule has 1 rings (SSSR count). The van der Waals surface area contributed by atoms with E-state index in [0.717, 1.165) is 18.8 Å². The molecule has 1 heterocycles. The molecule has 1 N–H and O–H groups in total. The third-order valence-corrected chi connectivity index (χ3v) is 1.92. The molecule has 1 aliphatic heterocycles. The SMILES string of the molecule is CCCC1[C]=C(OC)CNC1. The Morgan fingerprint density at radius 3 is 3.18 bits per heavy atom. The van der Waals surface area contributed by atoms with Gasteiger partial charge in [0.05, 0.1) is 13.7 Å². The van der Waals surface area contributed by atoms with Gasteiger partial charge in [0.15, 0.2) is 0 Å². The van der Waals surface area contributed by atoms with E-state index >= 15 is 0 Å². The fourth-order valence-electron chi connectivity index (χ4n) is 1.34. The molecule has 0 saturated heterocycles. The standard InChI is InChI=1S/C9H16NO/c1-3-4-8-5-9(11-2)7-10-6-8/h8,10H,3-4,6-7H2,1-2H3. The van der Waals surface area contributed by atoms with Gasteiger partial charge in [-0.3, -0.25) is 0 Å². The fraction of sp³-hybridized carbons (Fsp3) is 0.778. The van der Waals surface area contributed by atoms with Crippen molar-refractivity contribution in [1.29, 1.82) is 0 Å². The van der Waals surface area contributed by atoms with E-state index in [1.165, 1.54) is 12.8 Å². The summed E-state index contributed by atoms with van der Waals surface area (Å²) in [5, 5.41) is 3.30. The van der Waals surface area contributed by atoms with Gasteiger partial charge in [-0.2, -0.15) is 0 Å². The second-order valence-corrected chi connectivity index (χ2v) is 2.89. The van der Waals surface area contributed by atoms with Crippen LogP contribution in [0.5, 0.6) is 0 Å². The van der Waals surface area contributed by atoms with Gasteiger partial charge in [-0.1, -0.05) is 13.3 Å². The number of ether oxygens (including phenoxy) is 1. The molecule has 2 heteroatoms. The van der Waals surface area contributed by atoms with Crippen LogP contribution in [0.1, 0.15) is 19.8 Å². The smallest absolute Gasteiger partial charge is 0.113 e. The summed E-state index contributed by atoms with van der Waals surface area (Å²) in [6.45, 7) is 4.10. The van der Waals surface area contributed by atoms with Crippen LogP contribution in [-0.4, -0.2) is 20.2 Å². The lowest BCUT2D eigenvalue weighted by atomic mass is 10.0. The van der Waals surface area contributed by atoms with Gasteiger partial charge in [0, 0.05) is 18.5 Å². The highest BCUT2D eigenvalue weighted by molar-refractivity contribution is 4.97. The summed E-state index contributed by atoms with van der Waals surface area (Å²) in [5.41, 5.74) is 0. The first-order valence-electron chi connectivity index (χ1n) is 4.24. The zero-order chi connectivity index (χ0) is 8.10. The second-order valence-electron chi connectivity index (χ2n) is 2.89. The van der Waals surface area contributed by atoms with Crippen LogP contribution in [0.4, 0.5) is 0 Å². The summed E-state index contributed by atoms with van der Waals surface area (Å²) in [7, 11) is 1.71. The van der Waals surface area contributed by atoms with E-state index in [0.29, 0.717) is 5.92 Å². The lowest BCUT2D eigenvalue weighted by molar-refractivity contribution is 0.257. The van der Waals surface area contributed by atoms with Crippen molar-refractivity contribution in [2.75, 3.05) is 20.2 Å². The van der Waals surface area contributed by atoms with E-state index in [4.69, 9.17) is 4.74 Å². The number of hydrogen-bond acceptors (Lipinski definition) is 2. The molecule has 0 spiro atoms. The van der Waals surface area contributed by atoms with Crippen molar-refractivity contribution in [1.82, 2.24) is 5.32 Å². The maximum atomic E-state index is 5.11. The minimum atomic E-state index is 0.559. The molecule has 1 aliphatic rings. The Morgan fingerprint density at radius 1 is 1.73 bits per heavy atom. The number of rotatable bonds is 3. The number of methoxy groups -OCH3 is 1. The molecule has 0 amide bonds. The van der Waals surface area contributed by atoms with Crippen LogP contribution in [0.25, 0.3) is 0 Å². The van der Waals surface area contributed by atoms with Gasteiger partial charge >= 0.3 is 0 Å². The Kier molecular flexibility index (Phi) is 3.43. The summed E-state index contributed by atoms with van der Waals surface area (Å²) in [5.74, 6) is 1.53. The minimum absolute atomic E-state index is 0.559. The van der Waals surface area contributed by atoms with Crippen LogP contribution < -0.4 is 5.32 Å². The van der Waals surface area contributed by atoms with Crippen molar-refractivity contribution in [2.24, 2.45) is 5.92 Å². The largest absolute Gasteiger partial charge is 0.499 e. The maximum Gasteiger partial charge on any atom is 0.113 e. The van der Waals surface area contributed by atoms with E-state index in [9.17, 15) is 0 Å². The molecule has 0 aliphatic carbocycles. The number of nitrogens with one attached hydrogen (secondary N) is 1. The molecule has 1 unspecified atom stereocenters. The van der Waals surface area contributed by atoms with Gasteiger partial charge in [-0.15, -0.1) is 0 Å². The summed E-state index contributed by atoms with van der Waals surface area (Å²) in [6, 6.07) is 0. The average Bonchev–Trinajstić information content (AvgIpc) is 2.06. The molecule has 2 nitrogen and oxygen atoms in total. The highest BCUT2D eigenvalue weighted by Crippen LogP contribution is 2.12. The van der Waals surface area contributed by atoms with Gasteiger partial charge in [-0.25, -0.2) is 0 Å². The van der Waals surface area contributed by atoms with Crippen molar-refractivity contribution in [3.05, 3.63) is 11.8 Å². The van der Waals surface area contributed by atoms with E-state index in [-0.39, 0.29) is 0 Å². The van der Waals surface area contributed by atoms with Gasteiger partial charge < -0.3 is 10.1 Å². The third kappa shape index (κ3) is 2.54. The van der Waals surface area contributed by atoms with Crippen molar-refractivity contribution in [2.45, 2.75) is 19.8 Å². The zero-order valence-electron chi connectivity index (χ0n) is 7.31. The first kappa shape index (κ1) is 8.60. The Labute approximate surface area is 68.6 Å². The number of hydrogen-bond donors (Lipinski definition) is 1. The molecule has 1 radical (unpaired) electrons. The Morgan fingerprint density at radius 2 is 2.55 bits per heavy atom. The summed E-state index contributed by atoms with van der Waals surface area (Å²) in [4.78, 5) is 0. The quantitative estimate of drug-likeness (QED) is 0.662. The lowest BCUT2D eigenvalue weighted by Crippen LogP contribution is -2.30. The van der Waals surface area contributed by atoms with Gasteiger partial charge in [-0.05, 0) is 6.42 Å². The van der Waals surface area contributed by atoms with E-state index < -0.39 is 0 Å². The van der Waals surface area contributed by atoms with Crippen molar-refractivity contribution >= 4 is 0 Å². The Bertz CT molecular complexity index is 142. The van der Waals surface area contributed by atoms with Crippen molar-refractivity contribution < 1.29 is 4.74 Å². The van der Waals surface area contributed by atoms with Gasteiger partial charge in [0.1, 0.15) is 5.76 Å². The average molecular weight is 154 g/mol. The minimum Gasteiger partial charge on any atom is -0.499 e. The van der Waals surface area contributed by atoms with Crippen LogP contribution in [0.2, 0.25) is 0 Å². The van der Waals surface area contributed by atoms with Crippen molar-refractivity contribution in [3.8, 4) is 0 Å². The maximum absolute atomic E-state index is 5.11. The molecule has 63 valence electrons. The fourth-order valence-corrected chi connectivity index (χ4v) is 1.34. The molecule has 0 aromatic carbocycles. The molecule has 0 fully saturated rings. The molecule has 0 aromatic rings. The topological polar surface area (TPSA) is 21.3 Å². The Hall–Kier alpha value is -0.500. The van der Waals surface area contributed by atoms with Gasteiger partial charge in [0.2, 0.25) is 0 Å². The van der Waals surface area contributed by atoms with Crippen LogP contribution in [0.3, 0.4) is 0 Å². The van der Waals surface area contributed by atoms with E-state index in [1.54, 1.807) is 7.11 Å². The monoisotopic (exact) mass is 154 g/mol.